The van der Waals surface area contributed by atoms with Crippen molar-refractivity contribution in [2.45, 2.75) is 0 Å². The highest BCUT2D eigenvalue weighted by Crippen LogP contribution is 2.46. The van der Waals surface area contributed by atoms with Crippen molar-refractivity contribution in [3.63, 3.8) is 0 Å². The summed E-state index contributed by atoms with van der Waals surface area (Å²) in [6.07, 6.45) is 0. The minimum atomic E-state index is 1.16. The van der Waals surface area contributed by atoms with Crippen LogP contribution in [0.1, 0.15) is 0 Å². The van der Waals surface area contributed by atoms with Crippen molar-refractivity contribution in [3.05, 3.63) is 206 Å². The Balaban J connectivity index is 1.08. The first-order valence-corrected chi connectivity index (χ1v) is 20.3. The van der Waals surface area contributed by atoms with E-state index in [2.05, 4.69) is 215 Å². The average Bonchev–Trinajstić information content (AvgIpc) is 3.95. The van der Waals surface area contributed by atoms with E-state index in [0.717, 1.165) is 5.69 Å². The van der Waals surface area contributed by atoms with E-state index in [1.165, 1.54) is 103 Å². The van der Waals surface area contributed by atoms with Gasteiger partial charge in [-0.3, -0.25) is 0 Å². The van der Waals surface area contributed by atoms with E-state index in [-0.39, 0.29) is 0 Å². The fourth-order valence-electron chi connectivity index (χ4n) is 9.24. The van der Waals surface area contributed by atoms with Gasteiger partial charge in [0.05, 0.1) is 32.5 Å². The van der Waals surface area contributed by atoms with Crippen LogP contribution in [0.5, 0.6) is 0 Å². The van der Waals surface area contributed by atoms with Crippen LogP contribution in [0.25, 0.3) is 109 Å². The SMILES string of the molecule is c1ccc(-c2cccc(-n3c4ccccc4c4c(-c5ccc6c(c5)c5ccccc5n6-c5ccc(-c6ccccc6)c6c5sc5ccccc56)cccc43)c2)cc1. The van der Waals surface area contributed by atoms with Crippen molar-refractivity contribution in [3.8, 4) is 44.8 Å². The summed E-state index contributed by atoms with van der Waals surface area (Å²) in [6, 6.07) is 75.5. The molecule has 2 nitrogen and oxygen atoms in total. The van der Waals surface area contributed by atoms with Gasteiger partial charge in [0, 0.05) is 42.7 Å². The maximum absolute atomic E-state index is 2.49. The highest BCUT2D eigenvalue weighted by molar-refractivity contribution is 7.26. The Morgan fingerprint density at radius 1 is 0.316 bits per heavy atom. The summed E-state index contributed by atoms with van der Waals surface area (Å²) in [5.41, 5.74) is 14.6. The summed E-state index contributed by atoms with van der Waals surface area (Å²) >= 11 is 1.89. The van der Waals surface area contributed by atoms with Crippen LogP contribution in [0, 0.1) is 0 Å². The van der Waals surface area contributed by atoms with Crippen LogP contribution in [0.3, 0.4) is 0 Å². The Bertz CT molecular complexity index is 3510. The molecule has 12 rings (SSSR count). The number of benzene rings is 9. The van der Waals surface area contributed by atoms with Gasteiger partial charge >= 0.3 is 0 Å². The summed E-state index contributed by atoms with van der Waals surface area (Å²) in [6.45, 7) is 0. The van der Waals surface area contributed by atoms with Gasteiger partial charge in [-0.1, -0.05) is 152 Å². The molecule has 0 atom stereocenters. The Hall–Kier alpha value is -7.20. The summed E-state index contributed by atoms with van der Waals surface area (Å²) in [5, 5.41) is 7.65. The van der Waals surface area contributed by atoms with Crippen molar-refractivity contribution >= 4 is 75.1 Å². The van der Waals surface area contributed by atoms with Crippen LogP contribution in [-0.4, -0.2) is 9.13 Å². The molecule has 0 unspecified atom stereocenters. The molecule has 3 aromatic heterocycles. The zero-order valence-electron chi connectivity index (χ0n) is 30.9. The zero-order chi connectivity index (χ0) is 37.5. The second-order valence-corrected chi connectivity index (χ2v) is 15.9. The minimum absolute atomic E-state index is 1.16. The van der Waals surface area contributed by atoms with E-state index in [1.807, 2.05) is 11.3 Å². The predicted octanol–water partition coefficient (Wildman–Crippen LogP) is 15.2. The largest absolute Gasteiger partial charge is 0.309 e. The first kappa shape index (κ1) is 32.1. The van der Waals surface area contributed by atoms with Crippen molar-refractivity contribution in [1.29, 1.82) is 0 Å². The van der Waals surface area contributed by atoms with E-state index in [0.29, 0.717) is 0 Å². The molecule has 266 valence electrons. The van der Waals surface area contributed by atoms with Crippen LogP contribution in [0.4, 0.5) is 0 Å². The number of aromatic nitrogens is 2. The molecule has 0 radical (unpaired) electrons. The number of thiophene rings is 1. The van der Waals surface area contributed by atoms with Gasteiger partial charge in [-0.15, -0.1) is 11.3 Å². The standard InChI is InChI=1S/C54H34N2S/c1-3-15-35(16-4-1)37-19-13-20-39(33-37)55-47-26-11-8-22-43(47)52-40(24-14-27-49(52)55)38-29-31-48-45(34-38)42-21-7-10-25-46(42)56(48)50-32-30-41(36-17-5-2-6-18-36)53-44-23-9-12-28-51(44)57-54(50)53/h1-34H. The zero-order valence-corrected chi connectivity index (χ0v) is 31.7. The summed E-state index contributed by atoms with van der Waals surface area (Å²) in [5.74, 6) is 0. The quantitative estimate of drug-likeness (QED) is 0.166. The normalized spacial score (nSPS) is 11.9. The average molecular weight is 743 g/mol. The molecule has 3 heteroatoms. The number of hydrogen-bond donors (Lipinski definition) is 0. The van der Waals surface area contributed by atoms with Gasteiger partial charge in [0.1, 0.15) is 0 Å². The minimum Gasteiger partial charge on any atom is -0.309 e. The van der Waals surface area contributed by atoms with Crippen LogP contribution in [0.2, 0.25) is 0 Å². The number of rotatable bonds is 5. The Kier molecular flexibility index (Phi) is 7.13. The molecule has 0 aliphatic heterocycles. The topological polar surface area (TPSA) is 9.86 Å². The molecule has 0 aliphatic rings. The van der Waals surface area contributed by atoms with Gasteiger partial charge < -0.3 is 9.13 Å². The van der Waals surface area contributed by atoms with Crippen LogP contribution in [0.15, 0.2) is 206 Å². The first-order valence-electron chi connectivity index (χ1n) is 19.5. The lowest BCUT2D eigenvalue weighted by Gasteiger charge is -2.13. The molecule has 0 saturated heterocycles. The molecule has 0 saturated carbocycles. The summed E-state index contributed by atoms with van der Waals surface area (Å²) in [7, 11) is 0. The van der Waals surface area contributed by atoms with Crippen molar-refractivity contribution in [2.75, 3.05) is 0 Å². The van der Waals surface area contributed by atoms with Gasteiger partial charge in [-0.2, -0.15) is 0 Å². The number of nitrogens with zero attached hydrogens (tertiary/aromatic N) is 2. The van der Waals surface area contributed by atoms with Crippen molar-refractivity contribution < 1.29 is 0 Å². The van der Waals surface area contributed by atoms with E-state index in [9.17, 15) is 0 Å². The molecular weight excluding hydrogens is 709 g/mol. The second-order valence-electron chi connectivity index (χ2n) is 14.9. The maximum atomic E-state index is 2.49. The van der Waals surface area contributed by atoms with E-state index >= 15 is 0 Å². The third kappa shape index (κ3) is 4.89. The molecule has 0 bridgehead atoms. The molecule has 0 fully saturated rings. The van der Waals surface area contributed by atoms with E-state index in [1.54, 1.807) is 0 Å². The summed E-state index contributed by atoms with van der Waals surface area (Å²) < 4.78 is 7.53. The molecule has 12 aromatic rings. The van der Waals surface area contributed by atoms with Gasteiger partial charge in [0.2, 0.25) is 0 Å². The highest BCUT2D eigenvalue weighted by Gasteiger charge is 2.21. The van der Waals surface area contributed by atoms with Crippen LogP contribution in [-0.2, 0) is 0 Å². The molecule has 0 aliphatic carbocycles. The third-order valence-electron chi connectivity index (χ3n) is 11.7. The molecule has 57 heavy (non-hydrogen) atoms. The number of hydrogen-bond acceptors (Lipinski definition) is 1. The van der Waals surface area contributed by atoms with Gasteiger partial charge in [-0.25, -0.2) is 0 Å². The highest BCUT2D eigenvalue weighted by atomic mass is 32.1. The van der Waals surface area contributed by atoms with Crippen molar-refractivity contribution in [1.82, 2.24) is 9.13 Å². The Labute approximate surface area is 333 Å². The monoisotopic (exact) mass is 742 g/mol. The third-order valence-corrected chi connectivity index (χ3v) is 12.9. The molecule has 3 heterocycles. The van der Waals surface area contributed by atoms with E-state index in [4.69, 9.17) is 0 Å². The predicted molar refractivity (Wildman–Crippen MR) is 244 cm³/mol. The fourth-order valence-corrected chi connectivity index (χ4v) is 10.5. The fraction of sp³-hybridized carbons (Fsp3) is 0. The molecule has 0 N–H and O–H groups in total. The Morgan fingerprint density at radius 2 is 0.930 bits per heavy atom. The lowest BCUT2D eigenvalue weighted by atomic mass is 9.97. The van der Waals surface area contributed by atoms with Gasteiger partial charge in [-0.05, 0) is 88.0 Å². The maximum Gasteiger partial charge on any atom is 0.0641 e. The lowest BCUT2D eigenvalue weighted by Crippen LogP contribution is -1.95. The van der Waals surface area contributed by atoms with Crippen LogP contribution < -0.4 is 0 Å². The second kappa shape index (κ2) is 12.7. The number of fused-ring (bicyclic) bond motifs is 9. The Morgan fingerprint density at radius 3 is 1.75 bits per heavy atom. The van der Waals surface area contributed by atoms with Crippen molar-refractivity contribution in [2.24, 2.45) is 0 Å². The molecule has 9 aromatic carbocycles. The van der Waals surface area contributed by atoms with Gasteiger partial charge in [0.25, 0.3) is 0 Å². The van der Waals surface area contributed by atoms with Crippen LogP contribution >= 0.6 is 11.3 Å². The molecule has 0 spiro atoms. The lowest BCUT2D eigenvalue weighted by molar-refractivity contribution is 1.18. The smallest absolute Gasteiger partial charge is 0.0641 e. The van der Waals surface area contributed by atoms with Gasteiger partial charge in [0.15, 0.2) is 0 Å². The first-order chi connectivity index (χ1) is 28.3. The molecular formula is C54H34N2S. The number of para-hydroxylation sites is 2. The van der Waals surface area contributed by atoms with E-state index < -0.39 is 0 Å². The molecule has 0 amide bonds. The summed E-state index contributed by atoms with van der Waals surface area (Å²) in [4.78, 5) is 0.